The van der Waals surface area contributed by atoms with Gasteiger partial charge < -0.3 is 9.84 Å². The SMILES string of the molecule is C[C@@H]1CCn2nc(-c3ccc(S(N)(=O)=O)cc3F)c(C(=O)O)c2O1. The van der Waals surface area contributed by atoms with Crippen molar-refractivity contribution in [1.29, 1.82) is 0 Å². The lowest BCUT2D eigenvalue weighted by Gasteiger charge is -2.21. The van der Waals surface area contributed by atoms with Gasteiger partial charge in [-0.1, -0.05) is 0 Å². The topological polar surface area (TPSA) is 125 Å². The van der Waals surface area contributed by atoms with Crippen LogP contribution in [0.25, 0.3) is 11.3 Å². The van der Waals surface area contributed by atoms with E-state index in [9.17, 15) is 22.7 Å². The quantitative estimate of drug-likeness (QED) is 0.852. The van der Waals surface area contributed by atoms with Crippen molar-refractivity contribution < 1.29 is 27.4 Å². The number of primary sulfonamides is 1. The highest BCUT2D eigenvalue weighted by Gasteiger charge is 2.31. The van der Waals surface area contributed by atoms with E-state index in [1.54, 1.807) is 6.92 Å². The van der Waals surface area contributed by atoms with Crippen molar-refractivity contribution in [3.8, 4) is 17.1 Å². The van der Waals surface area contributed by atoms with Gasteiger partial charge in [-0.2, -0.15) is 5.10 Å². The van der Waals surface area contributed by atoms with E-state index in [2.05, 4.69) is 5.10 Å². The number of aryl methyl sites for hydroxylation is 1. The van der Waals surface area contributed by atoms with Crippen LogP contribution < -0.4 is 9.88 Å². The number of benzene rings is 1. The van der Waals surface area contributed by atoms with Gasteiger partial charge in [-0.05, 0) is 25.1 Å². The number of rotatable bonds is 3. The molecule has 3 rings (SSSR count). The molecule has 1 aliphatic heterocycles. The van der Waals surface area contributed by atoms with Crippen molar-refractivity contribution in [2.24, 2.45) is 5.14 Å². The molecule has 1 aromatic carbocycles. The fourth-order valence-corrected chi connectivity index (χ4v) is 3.04. The first-order valence-electron chi connectivity index (χ1n) is 7.02. The third-order valence-electron chi connectivity index (χ3n) is 3.70. The van der Waals surface area contributed by atoms with Gasteiger partial charge in [-0.25, -0.2) is 27.4 Å². The number of hydrogen-bond donors (Lipinski definition) is 2. The predicted molar refractivity (Wildman–Crippen MR) is 80.7 cm³/mol. The summed E-state index contributed by atoms with van der Waals surface area (Å²) in [4.78, 5) is 11.2. The number of hydrogen-bond acceptors (Lipinski definition) is 5. The molecule has 0 aliphatic carbocycles. The van der Waals surface area contributed by atoms with Crippen molar-refractivity contribution >= 4 is 16.0 Å². The number of carboxylic acid groups (broad SMARTS) is 1. The largest absolute Gasteiger partial charge is 0.477 e. The molecule has 1 atom stereocenters. The van der Waals surface area contributed by atoms with Gasteiger partial charge in [0.1, 0.15) is 17.1 Å². The molecule has 10 heteroatoms. The zero-order chi connectivity index (χ0) is 17.6. The van der Waals surface area contributed by atoms with Crippen molar-refractivity contribution in [2.45, 2.75) is 30.9 Å². The summed E-state index contributed by atoms with van der Waals surface area (Å²) in [5.41, 5.74) is -0.521. The molecule has 0 bridgehead atoms. The first-order valence-corrected chi connectivity index (χ1v) is 8.56. The van der Waals surface area contributed by atoms with E-state index >= 15 is 0 Å². The molecule has 8 nitrogen and oxygen atoms in total. The van der Waals surface area contributed by atoms with Crippen molar-refractivity contribution in [2.75, 3.05) is 0 Å². The number of carboxylic acids is 1. The fraction of sp³-hybridized carbons (Fsp3) is 0.286. The molecular weight excluding hydrogens is 341 g/mol. The summed E-state index contributed by atoms with van der Waals surface area (Å²) < 4.78 is 43.8. The van der Waals surface area contributed by atoms with Gasteiger partial charge in [0.2, 0.25) is 15.9 Å². The van der Waals surface area contributed by atoms with Crippen LogP contribution >= 0.6 is 0 Å². The highest BCUT2D eigenvalue weighted by molar-refractivity contribution is 7.89. The molecule has 0 spiro atoms. The molecule has 128 valence electrons. The van der Waals surface area contributed by atoms with Gasteiger partial charge in [-0.15, -0.1) is 0 Å². The standard InChI is InChI=1S/C14H14FN3O5S/c1-7-4-5-18-13(23-7)11(14(19)20)12(17-18)9-3-2-8(6-10(9)15)24(16,21)22/h2-3,6-7H,4-5H2,1H3,(H,19,20)(H2,16,21,22)/t7-/m1/s1. The third-order valence-corrected chi connectivity index (χ3v) is 4.62. The van der Waals surface area contributed by atoms with Gasteiger partial charge in [-0.3, -0.25) is 0 Å². The maximum atomic E-state index is 14.3. The Hall–Kier alpha value is -2.46. The highest BCUT2D eigenvalue weighted by Crippen LogP contribution is 2.35. The summed E-state index contributed by atoms with van der Waals surface area (Å²) in [6.45, 7) is 2.23. The number of sulfonamides is 1. The van der Waals surface area contributed by atoms with E-state index in [0.29, 0.717) is 13.0 Å². The number of aromatic nitrogens is 2. The van der Waals surface area contributed by atoms with E-state index in [1.807, 2.05) is 0 Å². The Labute approximate surface area is 136 Å². The fourth-order valence-electron chi connectivity index (χ4n) is 2.52. The second-order valence-electron chi connectivity index (χ2n) is 5.46. The number of fused-ring (bicyclic) bond motifs is 1. The molecule has 1 aliphatic rings. The maximum Gasteiger partial charge on any atom is 0.343 e. The van der Waals surface area contributed by atoms with Crippen LogP contribution in [0.5, 0.6) is 5.88 Å². The van der Waals surface area contributed by atoms with Gasteiger partial charge in [0.25, 0.3) is 0 Å². The van der Waals surface area contributed by atoms with E-state index in [4.69, 9.17) is 9.88 Å². The van der Waals surface area contributed by atoms with E-state index in [-0.39, 0.29) is 28.8 Å². The van der Waals surface area contributed by atoms with Crippen LogP contribution in [0, 0.1) is 5.82 Å². The predicted octanol–water partition coefficient (Wildman–Crippen LogP) is 1.21. The number of nitrogens with zero attached hydrogens (tertiary/aromatic N) is 2. The number of carbonyl (C=O) groups is 1. The lowest BCUT2D eigenvalue weighted by Crippen LogP contribution is -2.24. The van der Waals surface area contributed by atoms with E-state index < -0.39 is 26.7 Å². The number of nitrogens with two attached hydrogens (primary N) is 1. The Morgan fingerprint density at radius 3 is 2.79 bits per heavy atom. The average molecular weight is 355 g/mol. The Bertz CT molecular complexity index is 938. The summed E-state index contributed by atoms with van der Waals surface area (Å²) in [6.07, 6.45) is 0.453. The lowest BCUT2D eigenvalue weighted by atomic mass is 10.1. The summed E-state index contributed by atoms with van der Waals surface area (Å²) in [7, 11) is -4.07. The monoisotopic (exact) mass is 355 g/mol. The molecular formula is C14H14FN3O5S. The summed E-state index contributed by atoms with van der Waals surface area (Å²) in [5.74, 6) is -2.19. The zero-order valence-electron chi connectivity index (χ0n) is 12.6. The molecule has 0 saturated carbocycles. The summed E-state index contributed by atoms with van der Waals surface area (Å²) in [6, 6.07) is 2.97. The molecule has 2 heterocycles. The molecule has 0 fully saturated rings. The van der Waals surface area contributed by atoms with E-state index in [1.165, 1.54) is 4.68 Å². The smallest absolute Gasteiger partial charge is 0.343 e. The van der Waals surface area contributed by atoms with Crippen molar-refractivity contribution in [3.05, 3.63) is 29.6 Å². The molecule has 0 amide bonds. The normalized spacial score (nSPS) is 17.2. The van der Waals surface area contributed by atoms with Gasteiger partial charge >= 0.3 is 5.97 Å². The first-order chi connectivity index (χ1) is 11.2. The van der Waals surface area contributed by atoms with Crippen LogP contribution in [0.2, 0.25) is 0 Å². The van der Waals surface area contributed by atoms with Crippen LogP contribution in [0.3, 0.4) is 0 Å². The van der Waals surface area contributed by atoms with Gasteiger partial charge in [0, 0.05) is 18.5 Å². The van der Waals surface area contributed by atoms with Crippen LogP contribution in [0.15, 0.2) is 23.1 Å². The van der Waals surface area contributed by atoms with Crippen LogP contribution in [0.4, 0.5) is 4.39 Å². The first kappa shape index (κ1) is 16.4. The minimum atomic E-state index is -4.07. The minimum absolute atomic E-state index is 0.0613. The molecule has 2 aromatic rings. The molecule has 1 aromatic heterocycles. The lowest BCUT2D eigenvalue weighted by molar-refractivity contribution is 0.0684. The Balaban J connectivity index is 2.19. The maximum absolute atomic E-state index is 14.3. The molecule has 0 unspecified atom stereocenters. The number of halogens is 1. The second-order valence-corrected chi connectivity index (χ2v) is 7.02. The minimum Gasteiger partial charge on any atom is -0.477 e. The third kappa shape index (κ3) is 2.74. The van der Waals surface area contributed by atoms with E-state index in [0.717, 1.165) is 18.2 Å². The van der Waals surface area contributed by atoms with Gasteiger partial charge in [0.05, 0.1) is 11.0 Å². The Morgan fingerprint density at radius 2 is 2.21 bits per heavy atom. The summed E-state index contributed by atoms with van der Waals surface area (Å²) >= 11 is 0. The number of ether oxygens (including phenoxy) is 1. The van der Waals surface area contributed by atoms with Gasteiger partial charge in [0.15, 0.2) is 0 Å². The molecule has 24 heavy (non-hydrogen) atoms. The molecule has 3 N–H and O–H groups in total. The Morgan fingerprint density at radius 1 is 1.50 bits per heavy atom. The molecule has 0 radical (unpaired) electrons. The average Bonchev–Trinajstić information content (AvgIpc) is 2.84. The molecule has 0 saturated heterocycles. The van der Waals surface area contributed by atoms with Crippen molar-refractivity contribution in [1.82, 2.24) is 9.78 Å². The van der Waals surface area contributed by atoms with Crippen LogP contribution in [-0.2, 0) is 16.6 Å². The summed E-state index contributed by atoms with van der Waals surface area (Å²) in [5, 5.41) is 18.5. The van der Waals surface area contributed by atoms with Crippen molar-refractivity contribution in [3.63, 3.8) is 0 Å². The second kappa shape index (κ2) is 5.56. The highest BCUT2D eigenvalue weighted by atomic mass is 32.2. The number of aromatic carboxylic acids is 1. The Kier molecular flexibility index (Phi) is 3.80. The van der Waals surface area contributed by atoms with Crippen LogP contribution in [-0.4, -0.2) is 35.4 Å². The van der Waals surface area contributed by atoms with Crippen LogP contribution in [0.1, 0.15) is 23.7 Å². The zero-order valence-corrected chi connectivity index (χ0v) is 13.4.